The van der Waals surface area contributed by atoms with Crippen molar-refractivity contribution < 1.29 is 4.79 Å². The third-order valence-electron chi connectivity index (χ3n) is 3.17. The van der Waals surface area contributed by atoms with E-state index in [9.17, 15) is 4.79 Å². The largest absolute Gasteiger partial charge is 0.328 e. The molecule has 0 spiro atoms. The van der Waals surface area contributed by atoms with Gasteiger partial charge in [-0.25, -0.2) is 0 Å². The van der Waals surface area contributed by atoms with E-state index in [1.54, 1.807) is 0 Å². The SMILES string of the molecule is CC1CC(=O)NC(N2CCC(N)CC2)N1.Cl.Cl. The van der Waals surface area contributed by atoms with Gasteiger partial charge >= 0.3 is 0 Å². The number of carbonyl (C=O) groups is 1. The predicted octanol–water partition coefficient (Wildman–Crippen LogP) is 0.0347. The summed E-state index contributed by atoms with van der Waals surface area (Å²) in [7, 11) is 0. The Bertz CT molecular complexity index is 246. The number of nitrogens with one attached hydrogen (secondary N) is 2. The summed E-state index contributed by atoms with van der Waals surface area (Å²) in [5.74, 6) is 0.140. The van der Waals surface area contributed by atoms with Gasteiger partial charge in [-0.2, -0.15) is 0 Å². The maximum atomic E-state index is 11.4. The van der Waals surface area contributed by atoms with Gasteiger partial charge in [0.05, 0.1) is 0 Å². The van der Waals surface area contributed by atoms with E-state index in [0.29, 0.717) is 12.5 Å². The third kappa shape index (κ3) is 4.60. The molecule has 2 fully saturated rings. The Labute approximate surface area is 115 Å². The number of hydrogen-bond acceptors (Lipinski definition) is 4. The minimum atomic E-state index is 0. The summed E-state index contributed by atoms with van der Waals surface area (Å²) < 4.78 is 0. The zero-order valence-corrected chi connectivity index (χ0v) is 11.6. The van der Waals surface area contributed by atoms with Crippen LogP contribution in [0.1, 0.15) is 26.2 Å². The van der Waals surface area contributed by atoms with Crippen molar-refractivity contribution in [1.82, 2.24) is 15.5 Å². The number of rotatable bonds is 1. The van der Waals surface area contributed by atoms with Gasteiger partial charge in [0.2, 0.25) is 5.91 Å². The lowest BCUT2D eigenvalue weighted by Crippen LogP contribution is -2.64. The van der Waals surface area contributed by atoms with Gasteiger partial charge in [-0.1, -0.05) is 0 Å². The predicted molar refractivity (Wildman–Crippen MR) is 72.4 cm³/mol. The van der Waals surface area contributed by atoms with Crippen LogP contribution in [-0.4, -0.2) is 42.3 Å². The Hall–Kier alpha value is -0.0700. The monoisotopic (exact) mass is 284 g/mol. The molecule has 17 heavy (non-hydrogen) atoms. The van der Waals surface area contributed by atoms with Crippen molar-refractivity contribution in [3.05, 3.63) is 0 Å². The first-order valence-corrected chi connectivity index (χ1v) is 5.70. The number of piperidine rings is 1. The molecule has 0 aromatic heterocycles. The maximum Gasteiger partial charge on any atom is 0.223 e. The van der Waals surface area contributed by atoms with E-state index in [0.717, 1.165) is 25.9 Å². The number of halogens is 2. The van der Waals surface area contributed by atoms with E-state index in [2.05, 4.69) is 15.5 Å². The number of likely N-dealkylation sites (tertiary alicyclic amines) is 1. The van der Waals surface area contributed by atoms with Gasteiger partial charge < -0.3 is 11.1 Å². The van der Waals surface area contributed by atoms with Crippen molar-refractivity contribution in [2.24, 2.45) is 5.73 Å². The van der Waals surface area contributed by atoms with Gasteiger partial charge in [-0.05, 0) is 19.8 Å². The molecule has 0 aromatic rings. The molecule has 0 aliphatic carbocycles. The van der Waals surface area contributed by atoms with Gasteiger partial charge in [0.15, 0.2) is 0 Å². The molecule has 7 heteroatoms. The van der Waals surface area contributed by atoms with Crippen molar-refractivity contribution in [3.8, 4) is 0 Å². The number of hydrogen-bond donors (Lipinski definition) is 3. The Morgan fingerprint density at radius 3 is 2.41 bits per heavy atom. The van der Waals surface area contributed by atoms with Crippen LogP contribution in [0.15, 0.2) is 0 Å². The normalized spacial score (nSPS) is 31.1. The molecule has 0 saturated carbocycles. The average Bonchev–Trinajstić information content (AvgIpc) is 2.17. The number of nitrogens with two attached hydrogens (primary N) is 1. The first-order valence-electron chi connectivity index (χ1n) is 5.70. The van der Waals surface area contributed by atoms with E-state index >= 15 is 0 Å². The third-order valence-corrected chi connectivity index (χ3v) is 3.17. The molecule has 2 unspecified atom stereocenters. The maximum absolute atomic E-state index is 11.4. The summed E-state index contributed by atoms with van der Waals surface area (Å²) in [6, 6.07) is 0.595. The van der Waals surface area contributed by atoms with Gasteiger partial charge in [0.25, 0.3) is 0 Å². The molecule has 2 aliphatic rings. The molecule has 2 aliphatic heterocycles. The highest BCUT2D eigenvalue weighted by Crippen LogP contribution is 2.12. The van der Waals surface area contributed by atoms with E-state index in [4.69, 9.17) is 5.73 Å². The molecule has 0 radical (unpaired) electrons. The topological polar surface area (TPSA) is 70.4 Å². The van der Waals surface area contributed by atoms with Crippen LogP contribution in [0.3, 0.4) is 0 Å². The molecule has 4 N–H and O–H groups in total. The Kier molecular flexibility index (Phi) is 7.35. The molecule has 2 saturated heterocycles. The highest BCUT2D eigenvalue weighted by atomic mass is 35.5. The van der Waals surface area contributed by atoms with Crippen LogP contribution in [0.5, 0.6) is 0 Å². The quantitative estimate of drug-likeness (QED) is 0.636. The zero-order valence-electron chi connectivity index (χ0n) is 10.0. The minimum absolute atomic E-state index is 0. The van der Waals surface area contributed by atoms with Crippen molar-refractivity contribution in [2.45, 2.75) is 44.6 Å². The van der Waals surface area contributed by atoms with E-state index in [1.807, 2.05) is 6.92 Å². The van der Waals surface area contributed by atoms with Gasteiger partial charge in [0, 0.05) is 31.6 Å². The fourth-order valence-electron chi connectivity index (χ4n) is 2.23. The first kappa shape index (κ1) is 16.9. The molecule has 5 nitrogen and oxygen atoms in total. The zero-order chi connectivity index (χ0) is 10.8. The lowest BCUT2D eigenvalue weighted by molar-refractivity contribution is -0.127. The van der Waals surface area contributed by atoms with Crippen LogP contribution in [0.4, 0.5) is 0 Å². The second-order valence-corrected chi connectivity index (χ2v) is 4.62. The molecule has 1 amide bonds. The van der Waals surface area contributed by atoms with E-state index < -0.39 is 0 Å². The van der Waals surface area contributed by atoms with Crippen molar-refractivity contribution in [3.63, 3.8) is 0 Å². The van der Waals surface area contributed by atoms with Crippen LogP contribution >= 0.6 is 24.8 Å². The van der Waals surface area contributed by atoms with Crippen LogP contribution in [-0.2, 0) is 4.79 Å². The second kappa shape index (κ2) is 7.38. The van der Waals surface area contributed by atoms with Gasteiger partial charge in [-0.3, -0.25) is 15.0 Å². The number of carbonyl (C=O) groups excluding carboxylic acids is 1. The minimum Gasteiger partial charge on any atom is -0.328 e. The fraction of sp³-hybridized carbons (Fsp3) is 0.900. The van der Waals surface area contributed by atoms with Crippen molar-refractivity contribution in [1.29, 1.82) is 0 Å². The Balaban J connectivity index is 0.00000128. The van der Waals surface area contributed by atoms with Crippen LogP contribution in [0, 0.1) is 0 Å². The summed E-state index contributed by atoms with van der Waals surface area (Å²) in [5.41, 5.74) is 5.85. The molecule has 0 bridgehead atoms. The standard InChI is InChI=1S/C10H20N4O.2ClH/c1-7-6-9(15)13-10(12-7)14-4-2-8(11)3-5-14;;/h7-8,10,12H,2-6,11H2,1H3,(H,13,15);2*1H. The Morgan fingerprint density at radius 2 is 1.88 bits per heavy atom. The molecule has 0 aromatic carbocycles. The molecule has 2 heterocycles. The number of nitrogens with zero attached hydrogens (tertiary/aromatic N) is 1. The van der Waals surface area contributed by atoms with Crippen LogP contribution in [0.25, 0.3) is 0 Å². The van der Waals surface area contributed by atoms with Crippen LogP contribution in [0.2, 0.25) is 0 Å². The highest BCUT2D eigenvalue weighted by molar-refractivity contribution is 5.85. The van der Waals surface area contributed by atoms with Gasteiger partial charge in [-0.15, -0.1) is 24.8 Å². The number of amides is 1. The fourth-order valence-corrected chi connectivity index (χ4v) is 2.23. The average molecular weight is 285 g/mol. The summed E-state index contributed by atoms with van der Waals surface area (Å²) in [5, 5.41) is 6.35. The van der Waals surface area contributed by atoms with Crippen LogP contribution < -0.4 is 16.4 Å². The molecule has 2 atom stereocenters. The highest BCUT2D eigenvalue weighted by Gasteiger charge is 2.29. The van der Waals surface area contributed by atoms with Crippen molar-refractivity contribution in [2.75, 3.05) is 13.1 Å². The Morgan fingerprint density at radius 1 is 1.29 bits per heavy atom. The smallest absolute Gasteiger partial charge is 0.223 e. The van der Waals surface area contributed by atoms with Gasteiger partial charge in [0.1, 0.15) is 6.29 Å². The second-order valence-electron chi connectivity index (χ2n) is 4.62. The molecular formula is C10H22Cl2N4O. The summed E-state index contributed by atoms with van der Waals surface area (Å²) in [6.45, 7) is 3.97. The molecule has 2 rings (SSSR count). The molecule has 102 valence electrons. The van der Waals surface area contributed by atoms with E-state index in [1.165, 1.54) is 0 Å². The molecular weight excluding hydrogens is 263 g/mol. The lowest BCUT2D eigenvalue weighted by Gasteiger charge is -2.40. The summed E-state index contributed by atoms with van der Waals surface area (Å²) in [4.78, 5) is 13.6. The lowest BCUT2D eigenvalue weighted by atomic mass is 10.1. The van der Waals surface area contributed by atoms with E-state index in [-0.39, 0.29) is 43.1 Å². The van der Waals surface area contributed by atoms with Crippen molar-refractivity contribution >= 4 is 30.7 Å². The summed E-state index contributed by atoms with van der Waals surface area (Å²) in [6.07, 6.45) is 2.61. The summed E-state index contributed by atoms with van der Waals surface area (Å²) >= 11 is 0. The first-order chi connectivity index (χ1) is 7.15.